The van der Waals surface area contributed by atoms with Crippen LogP contribution in [0.15, 0.2) is 48.5 Å². The molecule has 94 valence electrons. The number of benzene rings is 2. The molecule has 0 aliphatic heterocycles. The lowest BCUT2D eigenvalue weighted by Crippen LogP contribution is -2.06. The van der Waals surface area contributed by atoms with Gasteiger partial charge in [-0.1, -0.05) is 24.3 Å². The van der Waals surface area contributed by atoms with Crippen molar-refractivity contribution in [3.8, 4) is 17.2 Å². The Kier molecular flexibility index (Phi) is 3.72. The molecule has 3 nitrogen and oxygen atoms in total. The highest BCUT2D eigenvalue weighted by molar-refractivity contribution is 5.55. The van der Waals surface area contributed by atoms with Crippen molar-refractivity contribution in [3.05, 3.63) is 48.5 Å². The Labute approximate surface area is 107 Å². The molecule has 0 bridgehead atoms. The summed E-state index contributed by atoms with van der Waals surface area (Å²) in [5.41, 5.74) is 6.46. The number of rotatable bonds is 4. The highest BCUT2D eigenvalue weighted by atomic mass is 16.5. The molecule has 2 aromatic rings. The van der Waals surface area contributed by atoms with E-state index < -0.39 is 0 Å². The number of anilines is 1. The Balaban J connectivity index is 2.26. The van der Waals surface area contributed by atoms with Gasteiger partial charge in [0.1, 0.15) is 0 Å². The standard InChI is InChI=1S/C15H17NO2/c1-11(2)17-14-9-5-6-10-15(14)18-13-8-4-3-7-12(13)16/h3-11H,16H2,1-2H3. The fraction of sp³-hybridized carbons (Fsp3) is 0.200. The van der Waals surface area contributed by atoms with E-state index in [4.69, 9.17) is 15.2 Å². The molecule has 0 saturated heterocycles. The number of para-hydroxylation sites is 4. The van der Waals surface area contributed by atoms with Crippen molar-refractivity contribution in [2.45, 2.75) is 20.0 Å². The minimum atomic E-state index is 0.0999. The van der Waals surface area contributed by atoms with Gasteiger partial charge in [-0.2, -0.15) is 0 Å². The van der Waals surface area contributed by atoms with Gasteiger partial charge in [-0.25, -0.2) is 0 Å². The second-order valence-corrected chi connectivity index (χ2v) is 4.25. The smallest absolute Gasteiger partial charge is 0.169 e. The van der Waals surface area contributed by atoms with Crippen LogP contribution in [0.5, 0.6) is 17.2 Å². The molecule has 0 amide bonds. The van der Waals surface area contributed by atoms with Gasteiger partial charge >= 0.3 is 0 Å². The molecular formula is C15H17NO2. The van der Waals surface area contributed by atoms with Crippen LogP contribution < -0.4 is 15.2 Å². The van der Waals surface area contributed by atoms with E-state index in [0.29, 0.717) is 17.2 Å². The second kappa shape index (κ2) is 5.45. The van der Waals surface area contributed by atoms with Crippen molar-refractivity contribution in [2.75, 3.05) is 5.73 Å². The predicted octanol–water partition coefficient (Wildman–Crippen LogP) is 3.85. The van der Waals surface area contributed by atoms with Gasteiger partial charge in [0, 0.05) is 0 Å². The zero-order valence-corrected chi connectivity index (χ0v) is 10.6. The van der Waals surface area contributed by atoms with Crippen LogP contribution in [0.2, 0.25) is 0 Å². The molecule has 0 unspecified atom stereocenters. The van der Waals surface area contributed by atoms with E-state index in [1.54, 1.807) is 6.07 Å². The fourth-order valence-electron chi connectivity index (χ4n) is 1.58. The maximum Gasteiger partial charge on any atom is 0.169 e. The largest absolute Gasteiger partial charge is 0.487 e. The van der Waals surface area contributed by atoms with Gasteiger partial charge in [0.05, 0.1) is 11.8 Å². The lowest BCUT2D eigenvalue weighted by Gasteiger charge is -2.15. The van der Waals surface area contributed by atoms with E-state index in [1.165, 1.54) is 0 Å². The molecule has 2 aromatic carbocycles. The van der Waals surface area contributed by atoms with E-state index in [9.17, 15) is 0 Å². The fourth-order valence-corrected chi connectivity index (χ4v) is 1.58. The normalized spacial score (nSPS) is 10.4. The molecule has 0 aliphatic carbocycles. The Bertz CT molecular complexity index is 523. The predicted molar refractivity (Wildman–Crippen MR) is 73.1 cm³/mol. The third-order valence-corrected chi connectivity index (χ3v) is 2.35. The highest BCUT2D eigenvalue weighted by Crippen LogP contribution is 2.34. The van der Waals surface area contributed by atoms with Crippen molar-refractivity contribution in [3.63, 3.8) is 0 Å². The van der Waals surface area contributed by atoms with Crippen LogP contribution in [-0.2, 0) is 0 Å². The van der Waals surface area contributed by atoms with Gasteiger partial charge in [-0.15, -0.1) is 0 Å². The van der Waals surface area contributed by atoms with Crippen LogP contribution in [0, 0.1) is 0 Å². The van der Waals surface area contributed by atoms with E-state index in [1.807, 2.05) is 56.3 Å². The molecule has 0 aromatic heterocycles. The number of hydrogen-bond acceptors (Lipinski definition) is 3. The molecule has 0 spiro atoms. The third kappa shape index (κ3) is 2.94. The third-order valence-electron chi connectivity index (χ3n) is 2.35. The van der Waals surface area contributed by atoms with E-state index >= 15 is 0 Å². The first-order chi connectivity index (χ1) is 8.66. The quantitative estimate of drug-likeness (QED) is 0.829. The molecule has 0 heterocycles. The summed E-state index contributed by atoms with van der Waals surface area (Å²) in [7, 11) is 0. The molecular weight excluding hydrogens is 226 g/mol. The van der Waals surface area contributed by atoms with Crippen molar-refractivity contribution in [1.82, 2.24) is 0 Å². The molecule has 0 saturated carbocycles. The lowest BCUT2D eigenvalue weighted by molar-refractivity contribution is 0.233. The maximum absolute atomic E-state index is 5.85. The highest BCUT2D eigenvalue weighted by Gasteiger charge is 2.08. The topological polar surface area (TPSA) is 44.5 Å². The summed E-state index contributed by atoms with van der Waals surface area (Å²) in [6.07, 6.45) is 0.0999. The summed E-state index contributed by atoms with van der Waals surface area (Å²) < 4.78 is 11.5. The first kappa shape index (κ1) is 12.3. The van der Waals surface area contributed by atoms with Crippen LogP contribution in [-0.4, -0.2) is 6.10 Å². The van der Waals surface area contributed by atoms with Gasteiger partial charge in [-0.3, -0.25) is 0 Å². The molecule has 0 atom stereocenters. The average molecular weight is 243 g/mol. The monoisotopic (exact) mass is 243 g/mol. The number of nitrogen functional groups attached to an aromatic ring is 1. The average Bonchev–Trinajstić information content (AvgIpc) is 2.34. The molecule has 0 aliphatic rings. The van der Waals surface area contributed by atoms with E-state index in [0.717, 1.165) is 5.75 Å². The number of ether oxygens (including phenoxy) is 2. The molecule has 18 heavy (non-hydrogen) atoms. The van der Waals surface area contributed by atoms with E-state index in [2.05, 4.69) is 0 Å². The molecule has 0 fully saturated rings. The van der Waals surface area contributed by atoms with Crippen LogP contribution >= 0.6 is 0 Å². The van der Waals surface area contributed by atoms with Crippen LogP contribution in [0.4, 0.5) is 5.69 Å². The SMILES string of the molecule is CC(C)Oc1ccccc1Oc1ccccc1N. The Morgan fingerprint density at radius 3 is 2.00 bits per heavy atom. The molecule has 2 N–H and O–H groups in total. The Hall–Kier alpha value is -2.16. The van der Waals surface area contributed by atoms with Crippen molar-refractivity contribution in [2.24, 2.45) is 0 Å². The maximum atomic E-state index is 5.85. The van der Waals surface area contributed by atoms with Gasteiger partial charge < -0.3 is 15.2 Å². The Morgan fingerprint density at radius 2 is 1.39 bits per heavy atom. The summed E-state index contributed by atoms with van der Waals surface area (Å²) in [6, 6.07) is 15.0. The summed E-state index contributed by atoms with van der Waals surface area (Å²) >= 11 is 0. The van der Waals surface area contributed by atoms with Gasteiger partial charge in [0.15, 0.2) is 17.2 Å². The minimum Gasteiger partial charge on any atom is -0.487 e. The number of nitrogens with two attached hydrogens (primary N) is 1. The van der Waals surface area contributed by atoms with Crippen molar-refractivity contribution >= 4 is 5.69 Å². The van der Waals surface area contributed by atoms with Gasteiger partial charge in [0.2, 0.25) is 0 Å². The van der Waals surface area contributed by atoms with Gasteiger partial charge in [0.25, 0.3) is 0 Å². The zero-order valence-electron chi connectivity index (χ0n) is 10.6. The lowest BCUT2D eigenvalue weighted by atomic mass is 10.3. The van der Waals surface area contributed by atoms with Crippen LogP contribution in [0.25, 0.3) is 0 Å². The van der Waals surface area contributed by atoms with Crippen LogP contribution in [0.3, 0.4) is 0 Å². The Morgan fingerprint density at radius 1 is 0.833 bits per heavy atom. The first-order valence-electron chi connectivity index (χ1n) is 5.95. The van der Waals surface area contributed by atoms with Gasteiger partial charge in [-0.05, 0) is 38.1 Å². The van der Waals surface area contributed by atoms with Crippen molar-refractivity contribution < 1.29 is 9.47 Å². The summed E-state index contributed by atoms with van der Waals surface area (Å²) in [5.74, 6) is 2.03. The summed E-state index contributed by atoms with van der Waals surface area (Å²) in [5, 5.41) is 0. The first-order valence-corrected chi connectivity index (χ1v) is 5.95. The second-order valence-electron chi connectivity index (χ2n) is 4.25. The minimum absolute atomic E-state index is 0.0999. The summed E-state index contributed by atoms with van der Waals surface area (Å²) in [6.45, 7) is 3.96. The summed E-state index contributed by atoms with van der Waals surface area (Å²) in [4.78, 5) is 0. The molecule has 2 rings (SSSR count). The van der Waals surface area contributed by atoms with Crippen LogP contribution in [0.1, 0.15) is 13.8 Å². The zero-order chi connectivity index (χ0) is 13.0. The number of hydrogen-bond donors (Lipinski definition) is 1. The van der Waals surface area contributed by atoms with E-state index in [-0.39, 0.29) is 6.10 Å². The molecule has 0 radical (unpaired) electrons. The molecule has 3 heteroatoms. The van der Waals surface area contributed by atoms with Crippen molar-refractivity contribution in [1.29, 1.82) is 0 Å².